The Balaban J connectivity index is 1.60. The molecule has 154 valence electrons. The molecule has 0 radical (unpaired) electrons. The topological polar surface area (TPSA) is 108 Å². The van der Waals surface area contributed by atoms with Gasteiger partial charge in [0.1, 0.15) is 5.75 Å². The van der Waals surface area contributed by atoms with Crippen molar-refractivity contribution in [3.8, 4) is 5.75 Å². The maximum absolute atomic E-state index is 10.0. The lowest BCUT2D eigenvalue weighted by Gasteiger charge is -2.30. The third-order valence-corrected chi connectivity index (χ3v) is 4.82. The Labute approximate surface area is 169 Å². The molecular formula is C19H25N7O3. The van der Waals surface area contributed by atoms with Gasteiger partial charge in [0.15, 0.2) is 0 Å². The van der Waals surface area contributed by atoms with Crippen LogP contribution in [-0.4, -0.2) is 78.4 Å². The summed E-state index contributed by atoms with van der Waals surface area (Å²) < 4.78 is 10.9. The molecule has 2 saturated heterocycles. The van der Waals surface area contributed by atoms with Crippen LogP contribution in [0.2, 0.25) is 0 Å². The number of phenols is 1. The summed E-state index contributed by atoms with van der Waals surface area (Å²) in [5.41, 5.74) is 4.21. The van der Waals surface area contributed by atoms with Crippen LogP contribution in [0.3, 0.4) is 0 Å². The third-order valence-electron chi connectivity index (χ3n) is 4.82. The van der Waals surface area contributed by atoms with Gasteiger partial charge in [-0.3, -0.25) is 0 Å². The predicted octanol–water partition coefficient (Wildman–Crippen LogP) is 1.09. The van der Waals surface area contributed by atoms with Crippen molar-refractivity contribution >= 4 is 23.6 Å². The molecule has 0 aliphatic carbocycles. The van der Waals surface area contributed by atoms with Crippen LogP contribution in [0.15, 0.2) is 29.4 Å². The van der Waals surface area contributed by atoms with E-state index in [1.165, 1.54) is 0 Å². The number of hydrogen-bond donors (Lipinski definition) is 2. The highest BCUT2D eigenvalue weighted by Gasteiger charge is 2.20. The molecule has 2 fully saturated rings. The Kier molecular flexibility index (Phi) is 6.01. The van der Waals surface area contributed by atoms with Gasteiger partial charge in [-0.05, 0) is 19.1 Å². The second-order valence-electron chi connectivity index (χ2n) is 6.78. The van der Waals surface area contributed by atoms with E-state index in [9.17, 15) is 5.11 Å². The monoisotopic (exact) mass is 399 g/mol. The number of nitrogens with one attached hydrogen (secondary N) is 1. The maximum Gasteiger partial charge on any atom is 0.250 e. The van der Waals surface area contributed by atoms with Crippen LogP contribution in [0, 0.1) is 0 Å². The van der Waals surface area contributed by atoms with E-state index in [0.29, 0.717) is 55.5 Å². The molecular weight excluding hydrogens is 374 g/mol. The molecule has 4 rings (SSSR count). The van der Waals surface area contributed by atoms with Gasteiger partial charge in [-0.15, -0.1) is 0 Å². The molecule has 0 saturated carbocycles. The van der Waals surface area contributed by atoms with Gasteiger partial charge in [-0.1, -0.05) is 12.1 Å². The number of ether oxygens (including phenoxy) is 2. The summed E-state index contributed by atoms with van der Waals surface area (Å²) in [5.74, 6) is 1.73. The molecule has 2 N–H and O–H groups in total. The average molecular weight is 399 g/mol. The first-order valence-corrected chi connectivity index (χ1v) is 9.71. The SMILES string of the molecule is C/C(=N\Nc1nc(N2CCOCC2)nc(N2CCOCC2)n1)c1ccccc1O. The van der Waals surface area contributed by atoms with Crippen molar-refractivity contribution in [3.05, 3.63) is 29.8 Å². The number of aromatic nitrogens is 3. The Morgan fingerprint density at radius 1 is 0.931 bits per heavy atom. The standard InChI is InChI=1S/C19H25N7O3/c1-14(15-4-2-3-5-16(15)27)23-24-17-20-18(25-6-10-28-11-7-25)22-19(21-17)26-8-12-29-13-9-26/h2-5,27H,6-13H2,1H3,(H,20,21,22,24)/b23-14+. The van der Waals surface area contributed by atoms with Crippen LogP contribution in [-0.2, 0) is 9.47 Å². The minimum Gasteiger partial charge on any atom is -0.507 e. The molecule has 0 bridgehead atoms. The molecule has 10 nitrogen and oxygen atoms in total. The van der Waals surface area contributed by atoms with Gasteiger partial charge in [0.2, 0.25) is 17.8 Å². The van der Waals surface area contributed by atoms with Gasteiger partial charge >= 0.3 is 0 Å². The number of anilines is 3. The molecule has 1 aromatic carbocycles. The number of hydrazone groups is 1. The molecule has 3 heterocycles. The van der Waals surface area contributed by atoms with Crippen molar-refractivity contribution < 1.29 is 14.6 Å². The molecule has 0 unspecified atom stereocenters. The van der Waals surface area contributed by atoms with Crippen molar-refractivity contribution in [3.63, 3.8) is 0 Å². The Bertz CT molecular complexity index is 828. The fraction of sp³-hybridized carbons (Fsp3) is 0.474. The summed E-state index contributed by atoms with van der Waals surface area (Å²) in [6, 6.07) is 7.06. The summed E-state index contributed by atoms with van der Waals surface area (Å²) in [7, 11) is 0. The van der Waals surface area contributed by atoms with Gasteiger partial charge in [0.05, 0.1) is 32.1 Å². The zero-order valence-corrected chi connectivity index (χ0v) is 16.4. The largest absolute Gasteiger partial charge is 0.507 e. The van der Waals surface area contributed by atoms with Gasteiger partial charge in [-0.25, -0.2) is 5.43 Å². The first-order chi connectivity index (χ1) is 14.2. The Hall–Kier alpha value is -2.98. The van der Waals surface area contributed by atoms with E-state index in [0.717, 1.165) is 26.2 Å². The number of hydrogen-bond acceptors (Lipinski definition) is 10. The molecule has 0 spiro atoms. The van der Waals surface area contributed by atoms with Crippen LogP contribution in [0.1, 0.15) is 12.5 Å². The normalized spacial score (nSPS) is 18.0. The van der Waals surface area contributed by atoms with Crippen LogP contribution in [0.25, 0.3) is 0 Å². The minimum absolute atomic E-state index is 0.175. The van der Waals surface area contributed by atoms with E-state index >= 15 is 0 Å². The molecule has 0 amide bonds. The maximum atomic E-state index is 10.0. The van der Waals surface area contributed by atoms with Crippen molar-refractivity contribution in [1.29, 1.82) is 0 Å². The number of para-hydroxylation sites is 1. The molecule has 1 aromatic heterocycles. The fourth-order valence-corrected chi connectivity index (χ4v) is 3.19. The zero-order valence-electron chi connectivity index (χ0n) is 16.4. The van der Waals surface area contributed by atoms with E-state index in [-0.39, 0.29) is 5.75 Å². The summed E-state index contributed by atoms with van der Waals surface area (Å²) in [6.07, 6.45) is 0. The molecule has 10 heteroatoms. The fourth-order valence-electron chi connectivity index (χ4n) is 3.19. The Morgan fingerprint density at radius 2 is 1.48 bits per heavy atom. The van der Waals surface area contributed by atoms with E-state index < -0.39 is 0 Å². The quantitative estimate of drug-likeness (QED) is 0.564. The highest BCUT2D eigenvalue weighted by molar-refractivity contribution is 6.01. The number of benzene rings is 1. The van der Waals surface area contributed by atoms with E-state index in [2.05, 4.69) is 35.3 Å². The first-order valence-electron chi connectivity index (χ1n) is 9.71. The van der Waals surface area contributed by atoms with Crippen LogP contribution < -0.4 is 15.2 Å². The molecule has 2 aliphatic heterocycles. The average Bonchev–Trinajstić information content (AvgIpc) is 2.79. The van der Waals surface area contributed by atoms with Crippen LogP contribution in [0.4, 0.5) is 17.8 Å². The molecule has 2 aromatic rings. The number of nitrogens with zero attached hydrogens (tertiary/aromatic N) is 6. The second kappa shape index (κ2) is 9.01. The number of rotatable bonds is 5. The smallest absolute Gasteiger partial charge is 0.250 e. The summed E-state index contributed by atoms with van der Waals surface area (Å²) >= 11 is 0. The third kappa shape index (κ3) is 4.72. The molecule has 29 heavy (non-hydrogen) atoms. The predicted molar refractivity (Wildman–Crippen MR) is 110 cm³/mol. The summed E-state index contributed by atoms with van der Waals surface area (Å²) in [4.78, 5) is 17.9. The zero-order chi connectivity index (χ0) is 20.1. The first kappa shape index (κ1) is 19.3. The number of morpholine rings is 2. The number of aromatic hydroxyl groups is 1. The van der Waals surface area contributed by atoms with Gasteiger partial charge in [-0.2, -0.15) is 20.1 Å². The second-order valence-corrected chi connectivity index (χ2v) is 6.78. The van der Waals surface area contributed by atoms with Gasteiger partial charge < -0.3 is 24.4 Å². The summed E-state index contributed by atoms with van der Waals surface area (Å²) in [6.45, 7) is 7.31. The Morgan fingerprint density at radius 3 is 2.03 bits per heavy atom. The lowest BCUT2D eigenvalue weighted by molar-refractivity contribution is 0.121. The van der Waals surface area contributed by atoms with Crippen molar-refractivity contribution in [2.45, 2.75) is 6.92 Å². The highest BCUT2D eigenvalue weighted by atomic mass is 16.5. The summed E-state index contributed by atoms with van der Waals surface area (Å²) in [5, 5.41) is 14.4. The van der Waals surface area contributed by atoms with E-state index in [1.54, 1.807) is 12.1 Å². The van der Waals surface area contributed by atoms with Crippen molar-refractivity contribution in [2.24, 2.45) is 5.10 Å². The number of phenolic OH excluding ortho intramolecular Hbond substituents is 1. The highest BCUT2D eigenvalue weighted by Crippen LogP contribution is 2.20. The van der Waals surface area contributed by atoms with Gasteiger partial charge in [0.25, 0.3) is 0 Å². The van der Waals surface area contributed by atoms with Gasteiger partial charge in [0, 0.05) is 31.7 Å². The lowest BCUT2D eigenvalue weighted by atomic mass is 10.1. The molecule has 2 aliphatic rings. The van der Waals surface area contributed by atoms with Crippen LogP contribution >= 0.6 is 0 Å². The lowest BCUT2D eigenvalue weighted by Crippen LogP contribution is -2.40. The minimum atomic E-state index is 0.175. The van der Waals surface area contributed by atoms with E-state index in [1.807, 2.05) is 19.1 Å². The van der Waals surface area contributed by atoms with Crippen molar-refractivity contribution in [2.75, 3.05) is 67.8 Å². The van der Waals surface area contributed by atoms with Crippen molar-refractivity contribution in [1.82, 2.24) is 15.0 Å². The van der Waals surface area contributed by atoms with E-state index in [4.69, 9.17) is 9.47 Å². The molecule has 0 atom stereocenters. The van der Waals surface area contributed by atoms with Crippen LogP contribution in [0.5, 0.6) is 5.75 Å².